The summed E-state index contributed by atoms with van der Waals surface area (Å²) in [5.41, 5.74) is 2.83. The van der Waals surface area contributed by atoms with E-state index in [1.165, 1.54) is 32.1 Å². The molecule has 0 radical (unpaired) electrons. The van der Waals surface area contributed by atoms with E-state index in [1.54, 1.807) is 0 Å². The number of aromatic carboxylic acids is 1. The van der Waals surface area contributed by atoms with Crippen molar-refractivity contribution in [2.24, 2.45) is 0 Å². The van der Waals surface area contributed by atoms with Gasteiger partial charge in [0.25, 0.3) is 0 Å². The molecule has 0 aliphatic rings. The molecule has 0 saturated heterocycles. The fourth-order valence-corrected chi connectivity index (χ4v) is 4.91. The van der Waals surface area contributed by atoms with E-state index in [1.807, 2.05) is 0 Å². The molecule has 1 rings (SSSR count). The third kappa shape index (κ3) is 11.5. The van der Waals surface area contributed by atoms with Crippen LogP contribution in [-0.4, -0.2) is 22.8 Å². The van der Waals surface area contributed by atoms with Gasteiger partial charge in [-0.3, -0.25) is 0 Å². The van der Waals surface area contributed by atoms with E-state index in [0.29, 0.717) is 13.0 Å². The van der Waals surface area contributed by atoms with E-state index in [4.69, 9.17) is 9.78 Å². The van der Waals surface area contributed by atoms with Crippen LogP contribution in [0.2, 0.25) is 0 Å². The molecule has 0 unspecified atom stereocenters. The van der Waals surface area contributed by atoms with Gasteiger partial charge in [-0.2, -0.15) is 4.89 Å². The Hall–Kier alpha value is -1.75. The Morgan fingerprint density at radius 1 is 0.611 bits per heavy atom. The van der Waals surface area contributed by atoms with Crippen molar-refractivity contribution < 1.29 is 24.8 Å². The molecular formula is C31H54O5. The van der Waals surface area contributed by atoms with E-state index in [-0.39, 0.29) is 17.1 Å². The molecule has 0 aromatic heterocycles. The number of aromatic hydroxyl groups is 1. The predicted molar refractivity (Wildman–Crippen MR) is 149 cm³/mol. The summed E-state index contributed by atoms with van der Waals surface area (Å²) in [5.74, 6) is -1.12. The Kier molecular flexibility index (Phi) is 18.2. The molecule has 0 spiro atoms. The molecule has 0 fully saturated rings. The third-order valence-electron chi connectivity index (χ3n) is 7.03. The van der Waals surface area contributed by atoms with E-state index in [0.717, 1.165) is 100 Å². The maximum Gasteiger partial charge on any atom is 0.339 e. The fourth-order valence-electron chi connectivity index (χ4n) is 4.91. The van der Waals surface area contributed by atoms with Crippen LogP contribution in [0.4, 0.5) is 0 Å². The standard InChI is InChI=1S/C31H54O5/c1-5-9-13-14-15-16-20-24-35-36-30-27(23-19-12-8-4)25(21-17-10-6-2)26(22-18-11-7-3)28(29(30)32)31(33)34/h32H,5-24H2,1-4H3,(H,33,34). The molecule has 1 aromatic rings. The highest BCUT2D eigenvalue weighted by Gasteiger charge is 2.28. The van der Waals surface area contributed by atoms with E-state index < -0.39 is 5.97 Å². The van der Waals surface area contributed by atoms with Gasteiger partial charge in [-0.1, -0.05) is 105 Å². The lowest BCUT2D eigenvalue weighted by Crippen LogP contribution is -2.14. The lowest BCUT2D eigenvalue weighted by molar-refractivity contribution is -0.208. The van der Waals surface area contributed by atoms with Crippen LogP contribution in [0, 0.1) is 0 Å². The zero-order valence-electron chi connectivity index (χ0n) is 23.8. The number of hydrogen-bond acceptors (Lipinski definition) is 4. The quantitative estimate of drug-likeness (QED) is 0.0878. The van der Waals surface area contributed by atoms with Crippen molar-refractivity contribution in [3.8, 4) is 11.5 Å². The van der Waals surface area contributed by atoms with Crippen LogP contribution in [0.15, 0.2) is 0 Å². The van der Waals surface area contributed by atoms with Crippen LogP contribution < -0.4 is 4.89 Å². The smallest absolute Gasteiger partial charge is 0.339 e. The maximum absolute atomic E-state index is 12.3. The van der Waals surface area contributed by atoms with Gasteiger partial charge in [0.05, 0.1) is 6.61 Å². The fraction of sp³-hybridized carbons (Fsp3) is 0.774. The Labute approximate surface area is 220 Å². The number of carboxylic acid groups (broad SMARTS) is 1. The summed E-state index contributed by atoms with van der Waals surface area (Å²) in [6.45, 7) is 9.16. The number of carbonyl (C=O) groups is 1. The van der Waals surface area contributed by atoms with E-state index in [2.05, 4.69) is 27.7 Å². The van der Waals surface area contributed by atoms with Crippen molar-refractivity contribution in [1.29, 1.82) is 0 Å². The monoisotopic (exact) mass is 506 g/mol. The molecule has 0 aliphatic heterocycles. The zero-order valence-corrected chi connectivity index (χ0v) is 23.8. The first-order chi connectivity index (χ1) is 17.5. The minimum atomic E-state index is -1.09. The number of unbranched alkanes of at least 4 members (excludes halogenated alkanes) is 12. The molecule has 0 amide bonds. The number of rotatable bonds is 23. The van der Waals surface area contributed by atoms with Crippen LogP contribution in [0.25, 0.3) is 0 Å². The molecule has 36 heavy (non-hydrogen) atoms. The highest BCUT2D eigenvalue weighted by molar-refractivity contribution is 5.94. The molecule has 0 heterocycles. The van der Waals surface area contributed by atoms with Gasteiger partial charge in [0.15, 0.2) is 5.75 Å². The largest absolute Gasteiger partial charge is 0.504 e. The Balaban J connectivity index is 3.20. The highest BCUT2D eigenvalue weighted by Crippen LogP contribution is 2.42. The molecule has 0 bridgehead atoms. The van der Waals surface area contributed by atoms with Crippen molar-refractivity contribution in [3.63, 3.8) is 0 Å². The van der Waals surface area contributed by atoms with Gasteiger partial charge < -0.3 is 15.1 Å². The second-order valence-corrected chi connectivity index (χ2v) is 10.2. The zero-order chi connectivity index (χ0) is 26.6. The second kappa shape index (κ2) is 20.3. The molecule has 0 aliphatic carbocycles. The lowest BCUT2D eigenvalue weighted by Gasteiger charge is -2.22. The summed E-state index contributed by atoms with van der Waals surface area (Å²) in [5, 5.41) is 21.3. The Bertz CT molecular complexity index is 728. The molecule has 208 valence electrons. The van der Waals surface area contributed by atoms with Crippen molar-refractivity contribution in [2.75, 3.05) is 6.61 Å². The molecule has 2 N–H and O–H groups in total. The van der Waals surface area contributed by atoms with Crippen molar-refractivity contribution in [3.05, 3.63) is 22.3 Å². The van der Waals surface area contributed by atoms with Crippen molar-refractivity contribution >= 4 is 5.97 Å². The van der Waals surface area contributed by atoms with Crippen molar-refractivity contribution in [1.82, 2.24) is 0 Å². The molecular weight excluding hydrogens is 452 g/mol. The summed E-state index contributed by atoms with van der Waals surface area (Å²) >= 11 is 0. The summed E-state index contributed by atoms with van der Waals surface area (Å²) in [4.78, 5) is 23.7. The molecule has 5 nitrogen and oxygen atoms in total. The first kappa shape index (κ1) is 32.3. The Morgan fingerprint density at radius 3 is 1.58 bits per heavy atom. The molecule has 0 atom stereocenters. The maximum atomic E-state index is 12.3. The molecule has 0 saturated carbocycles. The van der Waals surface area contributed by atoms with Crippen LogP contribution in [0.3, 0.4) is 0 Å². The minimum absolute atomic E-state index is 0.00590. The van der Waals surface area contributed by atoms with E-state index in [9.17, 15) is 15.0 Å². The van der Waals surface area contributed by atoms with Crippen molar-refractivity contribution in [2.45, 2.75) is 150 Å². The summed E-state index contributed by atoms with van der Waals surface area (Å²) in [6, 6.07) is 0. The average molecular weight is 507 g/mol. The first-order valence-electron chi connectivity index (χ1n) is 14.9. The summed E-state index contributed by atoms with van der Waals surface area (Å²) in [6.07, 6.45) is 19.9. The van der Waals surface area contributed by atoms with Gasteiger partial charge in [0.1, 0.15) is 5.56 Å². The van der Waals surface area contributed by atoms with Gasteiger partial charge in [-0.25, -0.2) is 4.79 Å². The van der Waals surface area contributed by atoms with Crippen LogP contribution in [-0.2, 0) is 24.2 Å². The number of benzene rings is 1. The number of phenols is 1. The van der Waals surface area contributed by atoms with Crippen LogP contribution >= 0.6 is 0 Å². The normalized spacial score (nSPS) is 11.2. The summed E-state index contributed by atoms with van der Waals surface area (Å²) < 4.78 is 0. The second-order valence-electron chi connectivity index (χ2n) is 10.2. The predicted octanol–water partition coefficient (Wildman–Crippen LogP) is 9.35. The molecule has 1 aromatic carbocycles. The average Bonchev–Trinajstić information content (AvgIpc) is 2.85. The van der Waals surface area contributed by atoms with Gasteiger partial charge in [0.2, 0.25) is 5.75 Å². The summed E-state index contributed by atoms with van der Waals surface area (Å²) in [7, 11) is 0. The molecule has 5 heteroatoms. The number of hydrogen-bond donors (Lipinski definition) is 2. The van der Waals surface area contributed by atoms with Crippen LogP contribution in [0.5, 0.6) is 11.5 Å². The van der Waals surface area contributed by atoms with Gasteiger partial charge in [0, 0.05) is 5.56 Å². The van der Waals surface area contributed by atoms with E-state index >= 15 is 0 Å². The topological polar surface area (TPSA) is 76.0 Å². The lowest BCUT2D eigenvalue weighted by atomic mass is 9.86. The Morgan fingerprint density at radius 2 is 1.06 bits per heavy atom. The first-order valence-corrected chi connectivity index (χ1v) is 14.9. The highest BCUT2D eigenvalue weighted by atomic mass is 17.2. The van der Waals surface area contributed by atoms with Gasteiger partial charge in [-0.05, 0) is 56.1 Å². The number of carboxylic acids is 1. The van der Waals surface area contributed by atoms with Gasteiger partial charge >= 0.3 is 5.97 Å². The van der Waals surface area contributed by atoms with Crippen LogP contribution in [0.1, 0.15) is 157 Å². The van der Waals surface area contributed by atoms with Gasteiger partial charge in [-0.15, -0.1) is 0 Å². The SMILES string of the molecule is CCCCCCCCCOOc1c(O)c(C(=O)O)c(CCCCC)c(CCCCC)c1CCCCC. The minimum Gasteiger partial charge on any atom is -0.504 e. The third-order valence-corrected chi connectivity index (χ3v) is 7.03.